The summed E-state index contributed by atoms with van der Waals surface area (Å²) in [4.78, 5) is 33.4. The third-order valence-corrected chi connectivity index (χ3v) is 8.15. The molecule has 2 aromatic carbocycles. The number of hydrogen-bond donors (Lipinski definition) is 1. The fourth-order valence-electron chi connectivity index (χ4n) is 3.97. The molecule has 1 amide bonds. The van der Waals surface area contributed by atoms with Crippen molar-refractivity contribution in [3.63, 3.8) is 0 Å². The first kappa shape index (κ1) is 23.5. The van der Waals surface area contributed by atoms with Crippen molar-refractivity contribution in [3.8, 4) is 5.75 Å². The number of carbonyl (C=O) groups is 1. The molecule has 35 heavy (non-hydrogen) atoms. The molecule has 6 nitrogen and oxygen atoms in total. The molecule has 4 aromatic rings. The normalized spacial score (nSPS) is 15.5. The van der Waals surface area contributed by atoms with Crippen molar-refractivity contribution >= 4 is 56.3 Å². The van der Waals surface area contributed by atoms with E-state index in [0.717, 1.165) is 14.2 Å². The maximum atomic E-state index is 13.7. The molecular weight excluding hydrogens is 546 g/mol. The lowest BCUT2D eigenvalue weighted by atomic mass is 9.95. The Kier molecular flexibility index (Phi) is 6.55. The number of aromatic nitrogens is 1. The van der Waals surface area contributed by atoms with E-state index >= 15 is 0 Å². The summed E-state index contributed by atoms with van der Waals surface area (Å²) in [6.45, 7) is 1.81. The Labute approximate surface area is 217 Å². The van der Waals surface area contributed by atoms with Crippen molar-refractivity contribution in [2.45, 2.75) is 13.0 Å². The maximum Gasteiger partial charge on any atom is 0.271 e. The highest BCUT2D eigenvalue weighted by Crippen LogP contribution is 2.32. The summed E-state index contributed by atoms with van der Waals surface area (Å²) in [6, 6.07) is 19.9. The van der Waals surface area contributed by atoms with Gasteiger partial charge in [-0.3, -0.25) is 14.2 Å². The van der Waals surface area contributed by atoms with E-state index in [1.54, 1.807) is 23.0 Å². The third-order valence-electron chi connectivity index (χ3n) is 5.60. The van der Waals surface area contributed by atoms with Gasteiger partial charge in [0.25, 0.3) is 11.5 Å². The lowest BCUT2D eigenvalue weighted by Crippen LogP contribution is -2.40. The van der Waals surface area contributed by atoms with Crippen LogP contribution in [0, 0.1) is 0 Å². The number of ether oxygens (including phenoxy) is 1. The van der Waals surface area contributed by atoms with Gasteiger partial charge in [0, 0.05) is 10.6 Å². The number of rotatable bonds is 5. The first-order valence-corrected chi connectivity index (χ1v) is 13.2. The van der Waals surface area contributed by atoms with E-state index < -0.39 is 6.04 Å². The molecule has 1 aliphatic rings. The zero-order valence-corrected chi connectivity index (χ0v) is 22.0. The summed E-state index contributed by atoms with van der Waals surface area (Å²) in [6.07, 6.45) is 1.87. The fraction of sp³-hybridized carbons (Fsp3) is 0.115. The summed E-state index contributed by atoms with van der Waals surface area (Å²) in [5, 5.41) is 2.96. The number of benzene rings is 2. The zero-order valence-electron chi connectivity index (χ0n) is 18.8. The predicted molar refractivity (Wildman–Crippen MR) is 144 cm³/mol. The Bertz CT molecular complexity index is 1620. The Morgan fingerprint density at radius 1 is 1.09 bits per heavy atom. The first-order chi connectivity index (χ1) is 16.9. The largest absolute Gasteiger partial charge is 0.497 e. The highest BCUT2D eigenvalue weighted by atomic mass is 79.9. The third kappa shape index (κ3) is 4.67. The summed E-state index contributed by atoms with van der Waals surface area (Å²) in [5.74, 6) is 0.398. The number of para-hydroxylation sites is 1. The van der Waals surface area contributed by atoms with Crippen LogP contribution in [0.5, 0.6) is 5.75 Å². The van der Waals surface area contributed by atoms with Crippen LogP contribution < -0.4 is 24.9 Å². The lowest BCUT2D eigenvalue weighted by molar-refractivity contribution is -0.113. The van der Waals surface area contributed by atoms with Crippen molar-refractivity contribution < 1.29 is 9.53 Å². The minimum Gasteiger partial charge on any atom is -0.497 e. The highest BCUT2D eigenvalue weighted by Gasteiger charge is 2.32. The van der Waals surface area contributed by atoms with Crippen LogP contribution in [0.4, 0.5) is 5.69 Å². The molecule has 9 heteroatoms. The molecule has 0 aliphatic carbocycles. The van der Waals surface area contributed by atoms with Crippen LogP contribution in [-0.4, -0.2) is 17.6 Å². The summed E-state index contributed by atoms with van der Waals surface area (Å²) in [5.41, 5.74) is 2.29. The molecule has 0 spiro atoms. The molecule has 0 saturated carbocycles. The molecule has 0 saturated heterocycles. The number of nitrogens with zero attached hydrogens (tertiary/aromatic N) is 2. The van der Waals surface area contributed by atoms with E-state index in [0.29, 0.717) is 32.0 Å². The van der Waals surface area contributed by atoms with E-state index in [9.17, 15) is 9.59 Å². The van der Waals surface area contributed by atoms with Gasteiger partial charge in [0.05, 0.1) is 32.7 Å². The topological polar surface area (TPSA) is 72.7 Å². The van der Waals surface area contributed by atoms with E-state index in [1.807, 2.05) is 79.7 Å². The van der Waals surface area contributed by atoms with Gasteiger partial charge in [-0.15, -0.1) is 11.3 Å². The standard InChI is InChI=1S/C26H20BrN3O3S2/c1-15-22(24(31)29-17-6-4-3-5-7-17)23(16-8-10-18(33-2)11-9-16)30-25(32)20(35-26(30)28-15)14-19-12-13-21(27)34-19/h3-14,23H,1-2H3,(H,29,31). The van der Waals surface area contributed by atoms with E-state index in [-0.39, 0.29) is 11.5 Å². The van der Waals surface area contributed by atoms with Gasteiger partial charge in [-0.05, 0) is 70.9 Å². The van der Waals surface area contributed by atoms with Gasteiger partial charge in [-0.25, -0.2) is 4.99 Å². The Morgan fingerprint density at radius 2 is 1.83 bits per heavy atom. The molecule has 5 rings (SSSR count). The molecule has 1 unspecified atom stereocenters. The molecule has 1 aliphatic heterocycles. The summed E-state index contributed by atoms with van der Waals surface area (Å²) >= 11 is 6.34. The van der Waals surface area contributed by atoms with E-state index in [2.05, 4.69) is 26.2 Å². The zero-order chi connectivity index (χ0) is 24.5. The SMILES string of the molecule is COc1ccc(C2C(C(=O)Nc3ccccc3)=C(C)N=c3sc(=Cc4ccc(Br)s4)c(=O)n32)cc1. The average molecular weight is 567 g/mol. The predicted octanol–water partition coefficient (Wildman–Crippen LogP) is 4.71. The number of halogens is 1. The van der Waals surface area contributed by atoms with E-state index in [4.69, 9.17) is 4.74 Å². The minimum absolute atomic E-state index is 0.184. The number of thiophene rings is 1. The van der Waals surface area contributed by atoms with Gasteiger partial charge < -0.3 is 10.1 Å². The number of thiazole rings is 1. The minimum atomic E-state index is -0.627. The number of amides is 1. The van der Waals surface area contributed by atoms with Gasteiger partial charge in [0.1, 0.15) is 5.75 Å². The van der Waals surface area contributed by atoms with Crippen molar-refractivity contribution in [2.24, 2.45) is 4.99 Å². The molecule has 2 aromatic heterocycles. The van der Waals surface area contributed by atoms with Crippen molar-refractivity contribution in [2.75, 3.05) is 12.4 Å². The molecule has 1 atom stereocenters. The maximum absolute atomic E-state index is 13.7. The average Bonchev–Trinajstić information content (AvgIpc) is 3.41. The molecule has 176 valence electrons. The van der Waals surface area contributed by atoms with Crippen molar-refractivity contribution in [3.05, 3.63) is 112 Å². The number of carbonyl (C=O) groups excluding carboxylic acids is 1. The summed E-state index contributed by atoms with van der Waals surface area (Å²) < 4.78 is 8.48. The van der Waals surface area contributed by atoms with E-state index in [1.165, 1.54) is 11.3 Å². The molecule has 1 N–H and O–H groups in total. The number of nitrogens with one attached hydrogen (secondary N) is 1. The van der Waals surface area contributed by atoms with Gasteiger partial charge in [-0.2, -0.15) is 0 Å². The Balaban J connectivity index is 1.67. The van der Waals surface area contributed by atoms with Crippen LogP contribution in [0.15, 0.2) is 91.6 Å². The van der Waals surface area contributed by atoms with Crippen molar-refractivity contribution in [1.82, 2.24) is 4.57 Å². The molecular formula is C26H20BrN3O3S2. The second-order valence-corrected chi connectivity index (χ2v) is 11.3. The highest BCUT2D eigenvalue weighted by molar-refractivity contribution is 9.11. The number of fused-ring (bicyclic) bond motifs is 1. The van der Waals surface area contributed by atoms with Crippen LogP contribution in [0.1, 0.15) is 23.4 Å². The second-order valence-electron chi connectivity index (χ2n) is 7.82. The second kappa shape index (κ2) is 9.77. The number of hydrogen-bond acceptors (Lipinski definition) is 6. The van der Waals surface area contributed by atoms with Crippen LogP contribution in [0.25, 0.3) is 6.08 Å². The van der Waals surface area contributed by atoms with Crippen LogP contribution in [0.3, 0.4) is 0 Å². The fourth-order valence-corrected chi connectivity index (χ4v) is 6.45. The molecule has 3 heterocycles. The molecule has 0 bridgehead atoms. The Hall–Kier alpha value is -3.27. The van der Waals surface area contributed by atoms with Crippen LogP contribution in [-0.2, 0) is 4.79 Å². The lowest BCUT2D eigenvalue weighted by Gasteiger charge is -2.25. The quantitative estimate of drug-likeness (QED) is 0.381. The van der Waals surface area contributed by atoms with Crippen molar-refractivity contribution in [1.29, 1.82) is 0 Å². The van der Waals surface area contributed by atoms with Gasteiger partial charge >= 0.3 is 0 Å². The van der Waals surface area contributed by atoms with Gasteiger partial charge in [-0.1, -0.05) is 41.7 Å². The van der Waals surface area contributed by atoms with Crippen LogP contribution in [0.2, 0.25) is 0 Å². The Morgan fingerprint density at radius 3 is 2.49 bits per heavy atom. The van der Waals surface area contributed by atoms with Gasteiger partial charge in [0.2, 0.25) is 0 Å². The molecule has 0 radical (unpaired) electrons. The smallest absolute Gasteiger partial charge is 0.271 e. The number of allylic oxidation sites excluding steroid dienone is 1. The summed E-state index contributed by atoms with van der Waals surface area (Å²) in [7, 11) is 1.60. The number of anilines is 1. The first-order valence-electron chi connectivity index (χ1n) is 10.7. The van der Waals surface area contributed by atoms with Gasteiger partial charge in [0.15, 0.2) is 4.80 Å². The van der Waals surface area contributed by atoms with Crippen LogP contribution >= 0.6 is 38.6 Å². The number of methoxy groups -OCH3 is 1. The monoisotopic (exact) mass is 565 g/mol. The molecule has 0 fully saturated rings.